The molecule has 3 atom stereocenters. The summed E-state index contributed by atoms with van der Waals surface area (Å²) < 4.78 is 4.91. The highest BCUT2D eigenvalue weighted by Gasteiger charge is 2.55. The molecular weight excluding hydrogens is 336 g/mol. The third-order valence-electron chi connectivity index (χ3n) is 5.69. The highest BCUT2D eigenvalue weighted by Crippen LogP contribution is 2.44. The molecule has 1 heterocycles. The number of nitrogens with zero attached hydrogens (tertiary/aromatic N) is 1. The topological polar surface area (TPSA) is 95.9 Å². The molecule has 7 heteroatoms. The second-order valence-electron chi connectivity index (χ2n) is 7.32. The number of carboxylic acid groups (broad SMARTS) is 1. The van der Waals surface area contributed by atoms with Crippen LogP contribution in [0.25, 0.3) is 0 Å². The number of carbonyl (C=O) groups excluding carboxylic acids is 2. The minimum Gasteiger partial charge on any atom is -0.479 e. The molecule has 2 rings (SSSR count). The van der Waals surface area contributed by atoms with Gasteiger partial charge in [0.15, 0.2) is 5.66 Å². The molecule has 2 aliphatic rings. The fourth-order valence-corrected chi connectivity index (χ4v) is 4.55. The van der Waals surface area contributed by atoms with Crippen molar-refractivity contribution in [3.63, 3.8) is 0 Å². The van der Waals surface area contributed by atoms with Gasteiger partial charge in [-0.1, -0.05) is 12.8 Å². The number of fused-ring (bicyclic) bond motifs is 1. The van der Waals surface area contributed by atoms with Crippen molar-refractivity contribution in [1.82, 2.24) is 10.2 Å². The van der Waals surface area contributed by atoms with E-state index in [0.29, 0.717) is 57.7 Å². The molecule has 0 aromatic heterocycles. The lowest BCUT2D eigenvalue weighted by Gasteiger charge is -2.39. The summed E-state index contributed by atoms with van der Waals surface area (Å²) in [4.78, 5) is 36.5. The summed E-state index contributed by atoms with van der Waals surface area (Å²) in [7, 11) is 0. The van der Waals surface area contributed by atoms with E-state index in [4.69, 9.17) is 4.74 Å². The Balaban J connectivity index is 1.97. The molecule has 0 aromatic rings. The number of carbonyl (C=O) groups is 3. The van der Waals surface area contributed by atoms with Gasteiger partial charge in [-0.2, -0.15) is 0 Å². The number of ether oxygens (including phenoxy) is 1. The standard InChI is InChI=1S/C19H32N2O5/c1-2-26-17(23)10-5-6-11-20-19(18(24)25)14-15-8-3-4-9-16(15)21(19)12-7-13-22/h13,15-16,20H,2-12,14H2,1H3,(H,24,25)/t15-,16-,19-/m0/s1. The Morgan fingerprint density at radius 1 is 1.31 bits per heavy atom. The predicted molar refractivity (Wildman–Crippen MR) is 96.6 cm³/mol. The van der Waals surface area contributed by atoms with E-state index in [0.717, 1.165) is 32.0 Å². The molecule has 0 radical (unpaired) electrons. The molecule has 0 aromatic carbocycles. The van der Waals surface area contributed by atoms with Crippen LogP contribution in [0.1, 0.15) is 64.7 Å². The summed E-state index contributed by atoms with van der Waals surface area (Å²) in [6.45, 7) is 3.17. The summed E-state index contributed by atoms with van der Waals surface area (Å²) in [5, 5.41) is 13.3. The summed E-state index contributed by atoms with van der Waals surface area (Å²) in [5.41, 5.74) is -1.09. The highest BCUT2D eigenvalue weighted by atomic mass is 16.5. The van der Waals surface area contributed by atoms with Crippen LogP contribution in [0.5, 0.6) is 0 Å². The summed E-state index contributed by atoms with van der Waals surface area (Å²) in [6, 6.07) is 0.242. The number of hydrogen-bond donors (Lipinski definition) is 2. The largest absolute Gasteiger partial charge is 0.479 e. The van der Waals surface area contributed by atoms with E-state index >= 15 is 0 Å². The normalized spacial score (nSPS) is 28.5. The molecule has 1 aliphatic carbocycles. The Bertz CT molecular complexity index is 498. The number of carboxylic acids is 1. The molecule has 0 unspecified atom stereocenters. The van der Waals surface area contributed by atoms with Crippen LogP contribution < -0.4 is 5.32 Å². The van der Waals surface area contributed by atoms with E-state index in [-0.39, 0.29) is 12.0 Å². The summed E-state index contributed by atoms with van der Waals surface area (Å²) in [5.74, 6) is -0.693. The van der Waals surface area contributed by atoms with Crippen molar-refractivity contribution in [2.24, 2.45) is 5.92 Å². The maximum Gasteiger partial charge on any atom is 0.339 e. The van der Waals surface area contributed by atoms with Gasteiger partial charge in [0.1, 0.15) is 6.29 Å². The molecule has 1 saturated heterocycles. The molecule has 148 valence electrons. The fraction of sp³-hybridized carbons (Fsp3) is 0.842. The van der Waals surface area contributed by atoms with Crippen molar-refractivity contribution in [2.45, 2.75) is 76.4 Å². The van der Waals surface area contributed by atoms with Crippen LogP contribution in [-0.4, -0.2) is 59.6 Å². The van der Waals surface area contributed by atoms with Gasteiger partial charge < -0.3 is 14.6 Å². The van der Waals surface area contributed by atoms with Crippen LogP contribution in [0.2, 0.25) is 0 Å². The van der Waals surface area contributed by atoms with Gasteiger partial charge >= 0.3 is 11.9 Å². The second kappa shape index (κ2) is 10.0. The van der Waals surface area contributed by atoms with Gasteiger partial charge in [-0.15, -0.1) is 0 Å². The Hall–Kier alpha value is -1.47. The third-order valence-corrected chi connectivity index (χ3v) is 5.69. The molecule has 1 aliphatic heterocycles. The zero-order valence-corrected chi connectivity index (χ0v) is 15.7. The van der Waals surface area contributed by atoms with Gasteiger partial charge in [0.05, 0.1) is 6.61 Å². The van der Waals surface area contributed by atoms with Crippen molar-refractivity contribution >= 4 is 18.2 Å². The van der Waals surface area contributed by atoms with E-state index < -0.39 is 11.6 Å². The first-order valence-corrected chi connectivity index (χ1v) is 9.89. The number of aliphatic carboxylic acids is 1. The van der Waals surface area contributed by atoms with Gasteiger partial charge in [0.2, 0.25) is 0 Å². The summed E-state index contributed by atoms with van der Waals surface area (Å²) >= 11 is 0. The molecule has 1 saturated carbocycles. The average molecular weight is 368 g/mol. The third kappa shape index (κ3) is 4.82. The molecule has 26 heavy (non-hydrogen) atoms. The number of aldehydes is 1. The SMILES string of the molecule is CCOC(=O)CCCCN[C@@]1(C(=O)O)C[C@@H]2CCCC[C@@H]2N1CCC=O. The molecule has 0 amide bonds. The fourth-order valence-electron chi connectivity index (χ4n) is 4.55. The Labute approximate surface area is 155 Å². The number of esters is 1. The van der Waals surface area contributed by atoms with E-state index in [2.05, 4.69) is 5.32 Å². The van der Waals surface area contributed by atoms with Crippen LogP contribution in [0.3, 0.4) is 0 Å². The van der Waals surface area contributed by atoms with E-state index in [9.17, 15) is 19.5 Å². The lowest BCUT2D eigenvalue weighted by Crippen LogP contribution is -2.62. The zero-order valence-electron chi connectivity index (χ0n) is 15.7. The number of likely N-dealkylation sites (tertiary alicyclic amines) is 1. The second-order valence-corrected chi connectivity index (χ2v) is 7.32. The molecule has 0 spiro atoms. The smallest absolute Gasteiger partial charge is 0.339 e. The predicted octanol–water partition coefficient (Wildman–Crippen LogP) is 1.94. The lowest BCUT2D eigenvalue weighted by atomic mass is 9.84. The first kappa shape index (κ1) is 20.8. The van der Waals surface area contributed by atoms with Crippen LogP contribution in [-0.2, 0) is 19.1 Å². The minimum absolute atomic E-state index is 0.208. The first-order chi connectivity index (χ1) is 12.5. The van der Waals surface area contributed by atoms with E-state index in [1.165, 1.54) is 0 Å². The number of rotatable bonds is 11. The van der Waals surface area contributed by atoms with Crippen molar-refractivity contribution in [3.05, 3.63) is 0 Å². The number of hydrogen-bond acceptors (Lipinski definition) is 6. The van der Waals surface area contributed by atoms with Gasteiger partial charge in [0.25, 0.3) is 0 Å². The minimum atomic E-state index is -1.09. The van der Waals surface area contributed by atoms with Gasteiger partial charge in [-0.3, -0.25) is 15.0 Å². The van der Waals surface area contributed by atoms with Crippen LogP contribution in [0, 0.1) is 5.92 Å². The van der Waals surface area contributed by atoms with Crippen molar-refractivity contribution in [1.29, 1.82) is 0 Å². The van der Waals surface area contributed by atoms with Crippen LogP contribution in [0.15, 0.2) is 0 Å². The molecule has 2 fully saturated rings. The maximum absolute atomic E-state index is 12.2. The van der Waals surface area contributed by atoms with Gasteiger partial charge in [-0.05, 0) is 51.5 Å². The Morgan fingerprint density at radius 3 is 2.77 bits per heavy atom. The Morgan fingerprint density at radius 2 is 2.08 bits per heavy atom. The molecule has 2 N–H and O–H groups in total. The van der Waals surface area contributed by atoms with Gasteiger partial charge in [0, 0.05) is 25.4 Å². The monoisotopic (exact) mass is 368 g/mol. The average Bonchev–Trinajstić information content (AvgIpc) is 2.94. The van der Waals surface area contributed by atoms with Gasteiger partial charge in [-0.25, -0.2) is 4.79 Å². The van der Waals surface area contributed by atoms with Crippen molar-refractivity contribution in [3.8, 4) is 0 Å². The van der Waals surface area contributed by atoms with E-state index in [1.54, 1.807) is 6.92 Å². The number of nitrogens with one attached hydrogen (secondary N) is 1. The van der Waals surface area contributed by atoms with Crippen molar-refractivity contribution in [2.75, 3.05) is 19.7 Å². The number of unbranched alkanes of at least 4 members (excludes halogenated alkanes) is 1. The lowest BCUT2D eigenvalue weighted by molar-refractivity contribution is -0.153. The van der Waals surface area contributed by atoms with E-state index in [1.807, 2.05) is 4.90 Å². The Kier molecular flexibility index (Phi) is 8.03. The van der Waals surface area contributed by atoms with Crippen molar-refractivity contribution < 1.29 is 24.2 Å². The highest BCUT2D eigenvalue weighted by molar-refractivity contribution is 5.79. The quantitative estimate of drug-likeness (QED) is 0.327. The zero-order chi connectivity index (χ0) is 19.0. The molecule has 0 bridgehead atoms. The van der Waals surface area contributed by atoms with Crippen LogP contribution in [0.4, 0.5) is 0 Å². The molecule has 7 nitrogen and oxygen atoms in total. The maximum atomic E-state index is 12.2. The first-order valence-electron chi connectivity index (χ1n) is 9.89. The van der Waals surface area contributed by atoms with Crippen LogP contribution >= 0.6 is 0 Å². The molecular formula is C19H32N2O5. The summed E-state index contributed by atoms with van der Waals surface area (Å²) in [6.07, 6.45) is 7.87.